The second-order valence-electron chi connectivity index (χ2n) is 3.15. The largest absolute Gasteiger partial charge is 0.386 e. The average Bonchev–Trinajstić information content (AvgIpc) is 2.72. The fraction of sp³-hybridized carbons (Fsp3) is 0.182. The van der Waals surface area contributed by atoms with Gasteiger partial charge in [-0.1, -0.05) is 30.3 Å². The second kappa shape index (κ2) is 4.07. The molecule has 0 aliphatic heterocycles. The summed E-state index contributed by atoms with van der Waals surface area (Å²) in [5.41, 5.74) is 0.919. The summed E-state index contributed by atoms with van der Waals surface area (Å²) in [6.45, 7) is 0.497. The summed E-state index contributed by atoms with van der Waals surface area (Å²) in [6.07, 6.45) is 3.06. The molecule has 1 atom stereocenters. The molecule has 72 valence electrons. The molecule has 0 amide bonds. The summed E-state index contributed by atoms with van der Waals surface area (Å²) in [6, 6.07) is 11.4. The lowest BCUT2D eigenvalue weighted by molar-refractivity contribution is 0.151. The third kappa shape index (κ3) is 2.00. The molecule has 0 radical (unpaired) electrons. The molecular weight excluding hydrogens is 176 g/mol. The summed E-state index contributed by atoms with van der Waals surface area (Å²) in [4.78, 5) is 0. The van der Waals surface area contributed by atoms with Crippen molar-refractivity contribution in [2.24, 2.45) is 0 Å². The molecular formula is C11H12N2O. The SMILES string of the molecule is O[C@@H](Cn1cccn1)c1ccccc1. The first-order valence-corrected chi connectivity index (χ1v) is 4.57. The Balaban J connectivity index is 2.07. The van der Waals surface area contributed by atoms with Crippen molar-refractivity contribution in [3.05, 3.63) is 54.4 Å². The number of aromatic nitrogens is 2. The Bertz CT molecular complexity index is 369. The minimum atomic E-state index is -0.490. The van der Waals surface area contributed by atoms with E-state index in [1.165, 1.54) is 0 Å². The number of aliphatic hydroxyl groups is 1. The molecule has 0 bridgehead atoms. The van der Waals surface area contributed by atoms with Gasteiger partial charge in [-0.2, -0.15) is 5.10 Å². The van der Waals surface area contributed by atoms with Crippen LogP contribution in [-0.2, 0) is 6.54 Å². The Labute approximate surface area is 82.6 Å². The molecule has 0 fully saturated rings. The molecule has 0 saturated carbocycles. The van der Waals surface area contributed by atoms with Gasteiger partial charge in [-0.15, -0.1) is 0 Å². The third-order valence-corrected chi connectivity index (χ3v) is 2.10. The fourth-order valence-corrected chi connectivity index (χ4v) is 1.37. The van der Waals surface area contributed by atoms with Gasteiger partial charge >= 0.3 is 0 Å². The van der Waals surface area contributed by atoms with Crippen LogP contribution in [0.3, 0.4) is 0 Å². The Morgan fingerprint density at radius 1 is 1.21 bits per heavy atom. The van der Waals surface area contributed by atoms with Crippen LogP contribution >= 0.6 is 0 Å². The van der Waals surface area contributed by atoms with Gasteiger partial charge in [-0.05, 0) is 11.6 Å². The van der Waals surface area contributed by atoms with Gasteiger partial charge in [0.15, 0.2) is 0 Å². The smallest absolute Gasteiger partial charge is 0.0985 e. The first-order valence-electron chi connectivity index (χ1n) is 4.57. The molecule has 3 nitrogen and oxygen atoms in total. The van der Waals surface area contributed by atoms with Gasteiger partial charge in [-0.25, -0.2) is 0 Å². The molecule has 3 heteroatoms. The lowest BCUT2D eigenvalue weighted by Gasteiger charge is -2.10. The van der Waals surface area contributed by atoms with Crippen LogP contribution in [0.4, 0.5) is 0 Å². The predicted molar refractivity (Wildman–Crippen MR) is 53.6 cm³/mol. The maximum absolute atomic E-state index is 9.83. The molecule has 0 saturated heterocycles. The minimum absolute atomic E-state index is 0.490. The highest BCUT2D eigenvalue weighted by atomic mass is 16.3. The number of benzene rings is 1. The highest BCUT2D eigenvalue weighted by molar-refractivity contribution is 5.17. The molecule has 0 aliphatic rings. The molecule has 1 aromatic carbocycles. The summed E-state index contributed by atoms with van der Waals surface area (Å²) in [5, 5.41) is 13.9. The van der Waals surface area contributed by atoms with Crippen LogP contribution in [0.25, 0.3) is 0 Å². The summed E-state index contributed by atoms with van der Waals surface area (Å²) >= 11 is 0. The zero-order valence-corrected chi connectivity index (χ0v) is 7.74. The van der Waals surface area contributed by atoms with E-state index in [0.717, 1.165) is 5.56 Å². The summed E-state index contributed by atoms with van der Waals surface area (Å²) in [5.74, 6) is 0. The van der Waals surface area contributed by atoms with Gasteiger partial charge in [0.25, 0.3) is 0 Å². The number of nitrogens with zero attached hydrogens (tertiary/aromatic N) is 2. The van der Waals surface area contributed by atoms with E-state index in [2.05, 4.69) is 5.10 Å². The number of rotatable bonds is 3. The fourth-order valence-electron chi connectivity index (χ4n) is 1.37. The van der Waals surface area contributed by atoms with Crippen molar-refractivity contribution in [1.29, 1.82) is 0 Å². The van der Waals surface area contributed by atoms with E-state index in [9.17, 15) is 5.11 Å². The molecule has 0 unspecified atom stereocenters. The van der Waals surface area contributed by atoms with E-state index < -0.39 is 6.10 Å². The normalized spacial score (nSPS) is 12.6. The van der Waals surface area contributed by atoms with Crippen LogP contribution in [0.1, 0.15) is 11.7 Å². The van der Waals surface area contributed by atoms with E-state index in [-0.39, 0.29) is 0 Å². The lowest BCUT2D eigenvalue weighted by atomic mass is 10.1. The summed E-state index contributed by atoms with van der Waals surface area (Å²) in [7, 11) is 0. The predicted octanol–water partition coefficient (Wildman–Crippen LogP) is 1.62. The first kappa shape index (κ1) is 8.97. The highest BCUT2D eigenvalue weighted by Crippen LogP contribution is 2.13. The van der Waals surface area contributed by atoms with E-state index >= 15 is 0 Å². The van der Waals surface area contributed by atoms with Crippen LogP contribution in [0.5, 0.6) is 0 Å². The van der Waals surface area contributed by atoms with E-state index in [1.807, 2.05) is 42.6 Å². The van der Waals surface area contributed by atoms with Crippen LogP contribution in [0.2, 0.25) is 0 Å². The third-order valence-electron chi connectivity index (χ3n) is 2.10. The quantitative estimate of drug-likeness (QED) is 0.794. The first-order chi connectivity index (χ1) is 6.86. The van der Waals surface area contributed by atoms with E-state index in [0.29, 0.717) is 6.54 Å². The Hall–Kier alpha value is -1.61. The standard InChI is InChI=1S/C11H12N2O/c14-11(9-13-8-4-7-12-13)10-5-2-1-3-6-10/h1-8,11,14H,9H2/t11-/m0/s1. The highest BCUT2D eigenvalue weighted by Gasteiger charge is 2.06. The van der Waals surface area contributed by atoms with Gasteiger partial charge in [-0.3, -0.25) is 4.68 Å². The van der Waals surface area contributed by atoms with E-state index in [1.54, 1.807) is 10.9 Å². The van der Waals surface area contributed by atoms with Crippen molar-refractivity contribution in [3.8, 4) is 0 Å². The van der Waals surface area contributed by atoms with Crippen molar-refractivity contribution in [3.63, 3.8) is 0 Å². The van der Waals surface area contributed by atoms with Crippen molar-refractivity contribution in [2.45, 2.75) is 12.6 Å². The van der Waals surface area contributed by atoms with Crippen molar-refractivity contribution >= 4 is 0 Å². The minimum Gasteiger partial charge on any atom is -0.386 e. The van der Waals surface area contributed by atoms with Crippen LogP contribution < -0.4 is 0 Å². The topological polar surface area (TPSA) is 38.0 Å². The molecule has 1 N–H and O–H groups in total. The molecule has 14 heavy (non-hydrogen) atoms. The maximum Gasteiger partial charge on any atom is 0.0985 e. The van der Waals surface area contributed by atoms with Gasteiger partial charge < -0.3 is 5.11 Å². The summed E-state index contributed by atoms with van der Waals surface area (Å²) < 4.78 is 1.72. The molecule has 1 heterocycles. The van der Waals surface area contributed by atoms with Gasteiger partial charge in [0.05, 0.1) is 12.6 Å². The lowest BCUT2D eigenvalue weighted by Crippen LogP contribution is -2.08. The van der Waals surface area contributed by atoms with Gasteiger partial charge in [0.2, 0.25) is 0 Å². The number of hydrogen-bond acceptors (Lipinski definition) is 2. The van der Waals surface area contributed by atoms with Crippen LogP contribution in [-0.4, -0.2) is 14.9 Å². The van der Waals surface area contributed by atoms with Crippen LogP contribution in [0.15, 0.2) is 48.8 Å². The molecule has 1 aromatic heterocycles. The molecule has 0 spiro atoms. The van der Waals surface area contributed by atoms with Gasteiger partial charge in [0, 0.05) is 12.4 Å². The van der Waals surface area contributed by atoms with Crippen LogP contribution in [0, 0.1) is 0 Å². The monoisotopic (exact) mass is 188 g/mol. The van der Waals surface area contributed by atoms with Crippen molar-refractivity contribution in [1.82, 2.24) is 9.78 Å². The van der Waals surface area contributed by atoms with E-state index in [4.69, 9.17) is 0 Å². The maximum atomic E-state index is 9.83. The Morgan fingerprint density at radius 3 is 2.64 bits per heavy atom. The Kier molecular flexibility index (Phi) is 2.60. The second-order valence-corrected chi connectivity index (χ2v) is 3.15. The zero-order valence-electron chi connectivity index (χ0n) is 7.74. The molecule has 0 aliphatic carbocycles. The zero-order chi connectivity index (χ0) is 9.80. The number of hydrogen-bond donors (Lipinski definition) is 1. The van der Waals surface area contributed by atoms with Gasteiger partial charge in [0.1, 0.15) is 0 Å². The molecule has 2 aromatic rings. The average molecular weight is 188 g/mol. The Morgan fingerprint density at radius 2 is 2.00 bits per heavy atom. The number of aliphatic hydroxyl groups excluding tert-OH is 1. The van der Waals surface area contributed by atoms with Crippen molar-refractivity contribution < 1.29 is 5.11 Å². The molecule has 2 rings (SSSR count). The van der Waals surface area contributed by atoms with Crippen molar-refractivity contribution in [2.75, 3.05) is 0 Å².